The van der Waals surface area contributed by atoms with Crippen molar-refractivity contribution in [2.45, 2.75) is 0 Å². The molecule has 8 heteroatoms. The summed E-state index contributed by atoms with van der Waals surface area (Å²) in [6, 6.07) is -0.741. The minimum absolute atomic E-state index is 0.297. The van der Waals surface area contributed by atoms with Crippen molar-refractivity contribution < 1.29 is 4.79 Å². The lowest BCUT2D eigenvalue weighted by molar-refractivity contribution is 0.249. The molecule has 3 N–H and O–H groups in total. The van der Waals surface area contributed by atoms with Crippen LogP contribution in [0.4, 0.5) is 4.79 Å². The van der Waals surface area contributed by atoms with Crippen molar-refractivity contribution in [3.05, 3.63) is 5.82 Å². The molecule has 1 aromatic rings. The van der Waals surface area contributed by atoms with Crippen molar-refractivity contribution in [2.75, 3.05) is 0 Å². The molecule has 0 fully saturated rings. The van der Waals surface area contributed by atoms with Crippen LogP contribution in [0.5, 0.6) is 0 Å². The Bertz CT molecular complexity index is 302. The lowest BCUT2D eigenvalue weighted by Crippen LogP contribution is -2.24. The Balaban J connectivity index is 2.52. The molecule has 1 heterocycles. The number of nitrogens with zero attached hydrogens (tertiary/aromatic N) is 5. The third kappa shape index (κ3) is 2.33. The first-order valence-corrected chi connectivity index (χ1v) is 3.01. The SMILES string of the molecule is Cn1nnc(/C=N/NC(N)=O)n1. The lowest BCUT2D eigenvalue weighted by Gasteiger charge is -1.86. The Hall–Kier alpha value is -1.99. The quantitative estimate of drug-likeness (QED) is 0.402. The normalized spacial score (nSPS) is 10.4. The molecule has 0 atom stereocenters. The van der Waals surface area contributed by atoms with Crippen LogP contribution in [0.25, 0.3) is 0 Å². The van der Waals surface area contributed by atoms with Gasteiger partial charge in [-0.25, -0.2) is 10.2 Å². The highest BCUT2D eigenvalue weighted by atomic mass is 16.2. The van der Waals surface area contributed by atoms with Gasteiger partial charge in [-0.05, 0) is 5.21 Å². The number of hydrogen-bond donors (Lipinski definition) is 2. The van der Waals surface area contributed by atoms with Gasteiger partial charge in [0.2, 0.25) is 5.82 Å². The van der Waals surface area contributed by atoms with E-state index in [2.05, 4.69) is 20.5 Å². The molecular weight excluding hydrogens is 162 g/mol. The van der Waals surface area contributed by atoms with Crippen molar-refractivity contribution >= 4 is 12.2 Å². The van der Waals surface area contributed by atoms with Gasteiger partial charge in [0.25, 0.3) is 0 Å². The Labute approximate surface area is 67.4 Å². The molecule has 0 aliphatic rings. The summed E-state index contributed by atoms with van der Waals surface area (Å²) in [5.74, 6) is 0.297. The maximum Gasteiger partial charge on any atom is 0.332 e. The van der Waals surface area contributed by atoms with E-state index in [1.165, 1.54) is 11.0 Å². The van der Waals surface area contributed by atoms with E-state index in [9.17, 15) is 4.79 Å². The van der Waals surface area contributed by atoms with E-state index < -0.39 is 6.03 Å². The van der Waals surface area contributed by atoms with Gasteiger partial charge in [-0.1, -0.05) is 0 Å². The standard InChI is InChI=1S/C4H7N7O/c1-11-9-3(7-10-11)2-6-8-4(5)12/h2H,1H3,(H3,5,8,12)/b6-2+. The van der Waals surface area contributed by atoms with Gasteiger partial charge in [-0.15, -0.1) is 10.2 Å². The number of hydrazone groups is 1. The largest absolute Gasteiger partial charge is 0.350 e. The van der Waals surface area contributed by atoms with Crippen molar-refractivity contribution in [3.8, 4) is 0 Å². The Morgan fingerprint density at radius 2 is 2.58 bits per heavy atom. The minimum atomic E-state index is -0.741. The molecule has 0 aliphatic carbocycles. The molecule has 64 valence electrons. The van der Waals surface area contributed by atoms with Crippen LogP contribution in [0, 0.1) is 0 Å². The minimum Gasteiger partial charge on any atom is -0.350 e. The number of tetrazole rings is 1. The Morgan fingerprint density at radius 3 is 3.08 bits per heavy atom. The van der Waals surface area contributed by atoms with E-state index in [-0.39, 0.29) is 0 Å². The molecule has 1 rings (SSSR count). The molecule has 0 saturated heterocycles. The number of primary amides is 1. The molecule has 2 amide bonds. The van der Waals surface area contributed by atoms with Crippen molar-refractivity contribution in [1.29, 1.82) is 0 Å². The van der Waals surface area contributed by atoms with Crippen LogP contribution in [0.3, 0.4) is 0 Å². The zero-order valence-electron chi connectivity index (χ0n) is 6.30. The summed E-state index contributed by atoms with van der Waals surface area (Å²) < 4.78 is 0. The van der Waals surface area contributed by atoms with Gasteiger partial charge in [0.15, 0.2) is 0 Å². The lowest BCUT2D eigenvalue weighted by atomic mass is 10.7. The second kappa shape index (κ2) is 3.42. The number of aromatic nitrogens is 4. The van der Waals surface area contributed by atoms with E-state index in [1.807, 2.05) is 5.43 Å². The molecule has 0 spiro atoms. The Morgan fingerprint density at radius 1 is 1.83 bits per heavy atom. The highest BCUT2D eigenvalue weighted by molar-refractivity contribution is 5.77. The maximum absolute atomic E-state index is 10.1. The zero-order chi connectivity index (χ0) is 8.97. The Kier molecular flexibility index (Phi) is 2.31. The van der Waals surface area contributed by atoms with Crippen LogP contribution in [-0.2, 0) is 7.05 Å². The third-order valence-electron chi connectivity index (χ3n) is 0.879. The fraction of sp³-hybridized carbons (Fsp3) is 0.250. The summed E-state index contributed by atoms with van der Waals surface area (Å²) in [6.07, 6.45) is 1.23. The van der Waals surface area contributed by atoms with Gasteiger partial charge in [-0.2, -0.15) is 9.90 Å². The first-order chi connectivity index (χ1) is 5.68. The topological polar surface area (TPSA) is 111 Å². The highest BCUT2D eigenvalue weighted by Crippen LogP contribution is 1.76. The second-order valence-electron chi connectivity index (χ2n) is 1.87. The molecule has 0 bridgehead atoms. The number of carbonyl (C=O) groups is 1. The number of nitrogens with one attached hydrogen (secondary N) is 1. The van der Waals surface area contributed by atoms with Crippen LogP contribution < -0.4 is 11.2 Å². The average molecular weight is 169 g/mol. The molecule has 0 aliphatic heterocycles. The van der Waals surface area contributed by atoms with Gasteiger partial charge in [0.05, 0.1) is 13.3 Å². The van der Waals surface area contributed by atoms with Gasteiger partial charge >= 0.3 is 6.03 Å². The summed E-state index contributed by atoms with van der Waals surface area (Å²) >= 11 is 0. The monoisotopic (exact) mass is 169 g/mol. The predicted octanol–water partition coefficient (Wildman–Crippen LogP) is -1.79. The number of rotatable bonds is 2. The van der Waals surface area contributed by atoms with Gasteiger partial charge < -0.3 is 5.73 Å². The first kappa shape index (κ1) is 8.11. The molecule has 0 unspecified atom stereocenters. The number of nitrogens with two attached hydrogens (primary N) is 1. The summed E-state index contributed by atoms with van der Waals surface area (Å²) in [7, 11) is 1.62. The van der Waals surface area contributed by atoms with Crippen molar-refractivity contribution in [2.24, 2.45) is 17.9 Å². The molecule has 0 radical (unpaired) electrons. The van der Waals surface area contributed by atoms with Crippen LogP contribution in [0.2, 0.25) is 0 Å². The molecular formula is C4H7N7O. The number of carbonyl (C=O) groups excluding carboxylic acids is 1. The van der Waals surface area contributed by atoms with Crippen LogP contribution in [0.1, 0.15) is 5.82 Å². The zero-order valence-corrected chi connectivity index (χ0v) is 6.30. The molecule has 0 saturated carbocycles. The summed E-state index contributed by atoms with van der Waals surface area (Å²) in [4.78, 5) is 11.4. The van der Waals surface area contributed by atoms with Crippen molar-refractivity contribution in [1.82, 2.24) is 25.6 Å². The number of hydrogen-bond acceptors (Lipinski definition) is 5. The molecule has 0 aromatic carbocycles. The van der Waals surface area contributed by atoms with E-state index >= 15 is 0 Å². The number of amides is 2. The maximum atomic E-state index is 10.1. The summed E-state index contributed by atoms with van der Waals surface area (Å²) in [6.45, 7) is 0. The third-order valence-corrected chi connectivity index (χ3v) is 0.879. The van der Waals surface area contributed by atoms with E-state index in [0.29, 0.717) is 5.82 Å². The summed E-state index contributed by atoms with van der Waals surface area (Å²) in [5.41, 5.74) is 6.73. The van der Waals surface area contributed by atoms with Crippen LogP contribution in [-0.4, -0.2) is 32.5 Å². The van der Waals surface area contributed by atoms with E-state index in [0.717, 1.165) is 0 Å². The van der Waals surface area contributed by atoms with E-state index in [4.69, 9.17) is 5.73 Å². The van der Waals surface area contributed by atoms with Gasteiger partial charge in [0.1, 0.15) is 0 Å². The molecule has 1 aromatic heterocycles. The smallest absolute Gasteiger partial charge is 0.332 e. The van der Waals surface area contributed by atoms with E-state index in [1.54, 1.807) is 7.05 Å². The fourth-order valence-corrected chi connectivity index (χ4v) is 0.504. The van der Waals surface area contributed by atoms with Gasteiger partial charge in [-0.3, -0.25) is 0 Å². The average Bonchev–Trinajstić information content (AvgIpc) is 2.35. The summed E-state index contributed by atoms with van der Waals surface area (Å²) in [5, 5.41) is 14.3. The predicted molar refractivity (Wildman–Crippen MR) is 39.1 cm³/mol. The van der Waals surface area contributed by atoms with Crippen molar-refractivity contribution in [3.63, 3.8) is 0 Å². The molecule has 8 nitrogen and oxygen atoms in total. The number of aryl methyl sites for hydroxylation is 1. The molecule has 12 heavy (non-hydrogen) atoms. The first-order valence-electron chi connectivity index (χ1n) is 3.01. The fourth-order valence-electron chi connectivity index (χ4n) is 0.504. The highest BCUT2D eigenvalue weighted by Gasteiger charge is 1.93. The van der Waals surface area contributed by atoms with Crippen LogP contribution >= 0.6 is 0 Å². The van der Waals surface area contributed by atoms with Crippen LogP contribution in [0.15, 0.2) is 5.10 Å². The van der Waals surface area contributed by atoms with Gasteiger partial charge in [0, 0.05) is 0 Å². The second-order valence-corrected chi connectivity index (χ2v) is 1.87. The number of urea groups is 1.